The first-order chi connectivity index (χ1) is 19.7. The molecular weight excluding hydrogens is 517 g/mol. The smallest absolute Gasteiger partial charge is 0.184 e. The summed E-state index contributed by atoms with van der Waals surface area (Å²) in [6.07, 6.45) is 14.0. The van der Waals surface area contributed by atoms with E-state index in [0.29, 0.717) is 13.2 Å². The summed E-state index contributed by atoms with van der Waals surface area (Å²) in [6, 6.07) is 11.7. The highest BCUT2D eigenvalue weighted by atomic mass is 32.1. The van der Waals surface area contributed by atoms with Gasteiger partial charge in [-0.25, -0.2) is 8.97 Å². The predicted octanol–water partition coefficient (Wildman–Crippen LogP) is 9.83. The molecule has 0 unspecified atom stereocenters. The summed E-state index contributed by atoms with van der Waals surface area (Å²) < 4.78 is 29.8. The maximum Gasteiger partial charge on any atom is 0.184 e. The molecule has 0 saturated carbocycles. The Bertz CT molecular complexity index is 1230. The highest BCUT2D eigenvalue weighted by Gasteiger charge is 2.32. The molecular formula is C35H47FNO2S+. The summed E-state index contributed by atoms with van der Waals surface area (Å²) in [6.45, 7) is 6.64. The summed E-state index contributed by atoms with van der Waals surface area (Å²) >= 11 is 1.70. The summed E-state index contributed by atoms with van der Waals surface area (Å²) in [5.74, 6) is 1.62. The van der Waals surface area contributed by atoms with Crippen molar-refractivity contribution in [2.75, 3.05) is 20.3 Å². The van der Waals surface area contributed by atoms with Gasteiger partial charge in [0.05, 0.1) is 19.3 Å². The zero-order chi connectivity index (χ0) is 28.2. The maximum atomic E-state index is 14.7. The number of rotatable bonds is 17. The van der Waals surface area contributed by atoms with Gasteiger partial charge in [0.15, 0.2) is 23.8 Å². The van der Waals surface area contributed by atoms with Gasteiger partial charge in [-0.3, -0.25) is 0 Å². The second kappa shape index (κ2) is 16.0. The number of benzene rings is 2. The summed E-state index contributed by atoms with van der Waals surface area (Å²) in [5, 5.41) is 4.30. The Morgan fingerprint density at radius 3 is 2.35 bits per heavy atom. The average molecular weight is 565 g/mol. The molecule has 0 atom stereocenters. The number of thiophene rings is 1. The van der Waals surface area contributed by atoms with E-state index in [-0.39, 0.29) is 5.82 Å². The third-order valence-electron chi connectivity index (χ3n) is 8.03. The van der Waals surface area contributed by atoms with Gasteiger partial charge in [-0.2, -0.15) is 11.3 Å². The van der Waals surface area contributed by atoms with Gasteiger partial charge in [0.2, 0.25) is 0 Å². The van der Waals surface area contributed by atoms with E-state index in [2.05, 4.69) is 41.3 Å². The van der Waals surface area contributed by atoms with Crippen LogP contribution in [0.4, 0.5) is 4.39 Å². The number of hydrogen-bond acceptors (Lipinski definition) is 3. The van der Waals surface area contributed by atoms with Gasteiger partial charge in [0, 0.05) is 29.5 Å². The molecule has 4 rings (SSSR count). The SMILES string of the molecule is CCCCCCCCOc1c2c(cc(-c3ccsc3)c1OC)C(CCCCCC)=[N+](Cc1ccccc1F)CC2. The summed E-state index contributed by atoms with van der Waals surface area (Å²) in [7, 11) is 1.76. The first-order valence-electron chi connectivity index (χ1n) is 15.4. The van der Waals surface area contributed by atoms with Gasteiger partial charge >= 0.3 is 0 Å². The molecule has 0 amide bonds. The topological polar surface area (TPSA) is 21.5 Å². The fourth-order valence-electron chi connectivity index (χ4n) is 5.80. The third-order valence-corrected chi connectivity index (χ3v) is 8.71. The predicted molar refractivity (Wildman–Crippen MR) is 167 cm³/mol. The molecule has 0 saturated heterocycles. The Hall–Kier alpha value is -2.66. The molecule has 216 valence electrons. The maximum absolute atomic E-state index is 14.7. The number of unbranched alkanes of at least 4 members (excludes halogenated alkanes) is 8. The Balaban J connectivity index is 1.73. The normalized spacial score (nSPS) is 13.0. The van der Waals surface area contributed by atoms with Gasteiger partial charge in [0.25, 0.3) is 0 Å². The molecule has 1 aliphatic heterocycles. The quantitative estimate of drug-likeness (QED) is 0.120. The van der Waals surface area contributed by atoms with Crippen LogP contribution in [-0.4, -0.2) is 30.5 Å². The number of halogens is 1. The Morgan fingerprint density at radius 1 is 0.875 bits per heavy atom. The summed E-state index contributed by atoms with van der Waals surface area (Å²) in [5.41, 5.74) is 6.80. The van der Waals surface area contributed by atoms with Crippen molar-refractivity contribution < 1.29 is 18.4 Å². The number of ether oxygens (including phenoxy) is 2. The van der Waals surface area contributed by atoms with Crippen LogP contribution >= 0.6 is 11.3 Å². The molecule has 1 aliphatic rings. The summed E-state index contributed by atoms with van der Waals surface area (Å²) in [4.78, 5) is 0. The van der Waals surface area contributed by atoms with E-state index < -0.39 is 0 Å². The first-order valence-corrected chi connectivity index (χ1v) is 16.4. The molecule has 40 heavy (non-hydrogen) atoms. The van der Waals surface area contributed by atoms with Crippen molar-refractivity contribution >= 4 is 17.0 Å². The zero-order valence-electron chi connectivity index (χ0n) is 24.8. The number of methoxy groups -OCH3 is 1. The molecule has 0 radical (unpaired) electrons. The van der Waals surface area contributed by atoms with Gasteiger partial charge in [-0.1, -0.05) is 77.3 Å². The van der Waals surface area contributed by atoms with E-state index in [0.717, 1.165) is 60.4 Å². The van der Waals surface area contributed by atoms with E-state index in [1.165, 1.54) is 68.2 Å². The molecule has 3 nitrogen and oxygen atoms in total. The van der Waals surface area contributed by atoms with E-state index in [1.54, 1.807) is 30.6 Å². The number of nitrogens with zero attached hydrogens (tertiary/aromatic N) is 1. The Labute approximate surface area is 245 Å². The van der Waals surface area contributed by atoms with Crippen molar-refractivity contribution in [1.82, 2.24) is 0 Å². The standard InChI is InChI=1S/C35H47FNO2S/c1-4-6-8-10-11-15-22-39-35-29-19-21-37(25-27-16-13-14-17-32(27)36)33(18-12-9-7-5-2)31(29)24-30(34(35)38-3)28-20-23-40-26-28/h13-14,16-17,20,23-24,26H,4-12,15,18-19,21-22,25H2,1-3H3/q+1. The van der Waals surface area contributed by atoms with Crippen molar-refractivity contribution in [3.63, 3.8) is 0 Å². The van der Waals surface area contributed by atoms with Gasteiger partial charge in [-0.05, 0) is 53.4 Å². The molecule has 0 bridgehead atoms. The van der Waals surface area contributed by atoms with Gasteiger partial charge < -0.3 is 9.47 Å². The van der Waals surface area contributed by atoms with E-state index in [9.17, 15) is 4.39 Å². The van der Waals surface area contributed by atoms with Gasteiger partial charge in [0.1, 0.15) is 12.4 Å². The van der Waals surface area contributed by atoms with Crippen molar-refractivity contribution in [2.24, 2.45) is 0 Å². The van der Waals surface area contributed by atoms with Crippen LogP contribution in [0.3, 0.4) is 0 Å². The number of hydrogen-bond donors (Lipinski definition) is 0. The molecule has 0 fully saturated rings. The molecule has 0 spiro atoms. The van der Waals surface area contributed by atoms with E-state index in [4.69, 9.17) is 9.47 Å². The van der Waals surface area contributed by atoms with Crippen LogP contribution in [0.2, 0.25) is 0 Å². The van der Waals surface area contributed by atoms with Crippen LogP contribution in [0.15, 0.2) is 47.2 Å². The van der Waals surface area contributed by atoms with Crippen LogP contribution in [0.5, 0.6) is 11.5 Å². The van der Waals surface area contributed by atoms with Crippen LogP contribution in [0, 0.1) is 5.82 Å². The lowest BCUT2D eigenvalue weighted by Gasteiger charge is -2.25. The van der Waals surface area contributed by atoms with Crippen LogP contribution in [0.1, 0.15) is 101 Å². The third kappa shape index (κ3) is 7.75. The molecule has 3 aromatic rings. The fourth-order valence-corrected chi connectivity index (χ4v) is 6.46. The van der Waals surface area contributed by atoms with Crippen LogP contribution in [0.25, 0.3) is 11.1 Å². The Kier molecular flexibility index (Phi) is 12.1. The molecule has 2 heterocycles. The van der Waals surface area contributed by atoms with Crippen molar-refractivity contribution in [1.29, 1.82) is 0 Å². The van der Waals surface area contributed by atoms with E-state index in [1.807, 2.05) is 12.1 Å². The van der Waals surface area contributed by atoms with Crippen LogP contribution in [-0.2, 0) is 13.0 Å². The lowest BCUT2D eigenvalue weighted by Crippen LogP contribution is -2.31. The molecule has 0 N–H and O–H groups in total. The monoisotopic (exact) mass is 564 g/mol. The minimum absolute atomic E-state index is 0.129. The minimum Gasteiger partial charge on any atom is -0.492 e. The second-order valence-electron chi connectivity index (χ2n) is 11.0. The largest absolute Gasteiger partial charge is 0.492 e. The van der Waals surface area contributed by atoms with E-state index >= 15 is 0 Å². The lowest BCUT2D eigenvalue weighted by atomic mass is 9.88. The first kappa shape index (κ1) is 30.3. The Morgan fingerprint density at radius 2 is 1.62 bits per heavy atom. The average Bonchev–Trinajstić information content (AvgIpc) is 3.51. The van der Waals surface area contributed by atoms with Gasteiger partial charge in [-0.15, -0.1) is 0 Å². The van der Waals surface area contributed by atoms with Crippen molar-refractivity contribution in [3.8, 4) is 22.6 Å². The second-order valence-corrected chi connectivity index (χ2v) is 11.7. The highest BCUT2D eigenvalue weighted by Crippen LogP contribution is 2.45. The molecule has 0 aliphatic carbocycles. The lowest BCUT2D eigenvalue weighted by molar-refractivity contribution is -0.546. The molecule has 2 aromatic carbocycles. The highest BCUT2D eigenvalue weighted by molar-refractivity contribution is 7.08. The van der Waals surface area contributed by atoms with Crippen LogP contribution < -0.4 is 9.47 Å². The molecule has 1 aromatic heterocycles. The molecule has 5 heteroatoms. The number of fused-ring (bicyclic) bond motifs is 1. The van der Waals surface area contributed by atoms with Crippen molar-refractivity contribution in [3.05, 3.63) is 69.7 Å². The van der Waals surface area contributed by atoms with Crippen molar-refractivity contribution in [2.45, 2.75) is 97.4 Å². The fraction of sp³-hybridized carbons (Fsp3) is 0.514. The zero-order valence-corrected chi connectivity index (χ0v) is 25.6. The minimum atomic E-state index is -0.129.